The zero-order chi connectivity index (χ0) is 25.9. The van der Waals surface area contributed by atoms with E-state index in [0.717, 1.165) is 5.56 Å². The third kappa shape index (κ3) is 4.65. The lowest BCUT2D eigenvalue weighted by Crippen LogP contribution is -2.47. The molecule has 0 aliphatic heterocycles. The van der Waals surface area contributed by atoms with Crippen molar-refractivity contribution in [1.29, 1.82) is 0 Å². The Morgan fingerprint density at radius 3 is 2.23 bits per heavy atom. The van der Waals surface area contributed by atoms with Gasteiger partial charge < -0.3 is 29.4 Å². The summed E-state index contributed by atoms with van der Waals surface area (Å²) in [7, 11) is 5.92. The smallest absolute Gasteiger partial charge is 0.252 e. The Hall–Kier alpha value is -2.97. The largest absolute Gasteiger partial charge is 0.493 e. The van der Waals surface area contributed by atoms with E-state index in [2.05, 4.69) is 5.32 Å². The summed E-state index contributed by atoms with van der Waals surface area (Å²) >= 11 is 6.80. The van der Waals surface area contributed by atoms with Crippen molar-refractivity contribution in [2.24, 2.45) is 0 Å². The van der Waals surface area contributed by atoms with Crippen molar-refractivity contribution in [2.45, 2.75) is 51.2 Å². The van der Waals surface area contributed by atoms with Crippen molar-refractivity contribution < 1.29 is 28.8 Å². The second-order valence-corrected chi connectivity index (χ2v) is 8.73. The highest BCUT2D eigenvalue weighted by Crippen LogP contribution is 2.54. The molecule has 2 aromatic carbocycles. The Bertz CT molecular complexity index is 1180. The Morgan fingerprint density at radius 2 is 1.69 bits per heavy atom. The number of rotatable bonds is 8. The number of benzene rings is 1. The summed E-state index contributed by atoms with van der Waals surface area (Å²) < 4.78 is 22.2. The van der Waals surface area contributed by atoms with Crippen LogP contribution in [0.1, 0.15) is 50.3 Å². The quantitative estimate of drug-likeness (QED) is 0.557. The van der Waals surface area contributed by atoms with Crippen molar-refractivity contribution >= 4 is 17.5 Å². The number of ether oxygens (including phenoxy) is 4. The zero-order valence-corrected chi connectivity index (χ0v) is 21.7. The van der Waals surface area contributed by atoms with Gasteiger partial charge in [0.2, 0.25) is 11.2 Å². The summed E-state index contributed by atoms with van der Waals surface area (Å²) in [6.07, 6.45) is 1.37. The van der Waals surface area contributed by atoms with E-state index in [-0.39, 0.29) is 24.0 Å². The molecule has 0 saturated heterocycles. The maximum Gasteiger partial charge on any atom is 0.252 e. The number of hydrogen-bond donors (Lipinski definition) is 2. The molecule has 0 aromatic heterocycles. The third-order valence-electron chi connectivity index (χ3n) is 6.71. The first kappa shape index (κ1) is 26.6. The number of carbonyl (C=O) groups is 1. The van der Waals surface area contributed by atoms with Crippen LogP contribution in [-0.4, -0.2) is 45.1 Å². The summed E-state index contributed by atoms with van der Waals surface area (Å²) in [4.78, 5) is 26.1. The minimum Gasteiger partial charge on any atom is -0.493 e. The van der Waals surface area contributed by atoms with Gasteiger partial charge in [-0.25, -0.2) is 0 Å². The van der Waals surface area contributed by atoms with Crippen LogP contribution >= 0.6 is 11.6 Å². The maximum absolute atomic E-state index is 13.1. The Morgan fingerprint density at radius 1 is 1.06 bits per heavy atom. The van der Waals surface area contributed by atoms with Crippen molar-refractivity contribution in [2.75, 3.05) is 28.4 Å². The van der Waals surface area contributed by atoms with Gasteiger partial charge in [-0.05, 0) is 54.5 Å². The lowest BCUT2D eigenvalue weighted by Gasteiger charge is -2.27. The van der Waals surface area contributed by atoms with E-state index in [1.54, 1.807) is 26.0 Å². The molecule has 1 aliphatic carbocycles. The highest BCUT2D eigenvalue weighted by Gasteiger charge is 2.36. The lowest BCUT2D eigenvalue weighted by molar-refractivity contribution is -0.141. The molecule has 35 heavy (non-hydrogen) atoms. The molecule has 2 N–H and O–H groups in total. The van der Waals surface area contributed by atoms with E-state index in [9.17, 15) is 14.7 Å². The summed E-state index contributed by atoms with van der Waals surface area (Å²) in [6, 6.07) is 4.19. The fourth-order valence-corrected chi connectivity index (χ4v) is 4.90. The summed E-state index contributed by atoms with van der Waals surface area (Å²) in [5.74, 6) is 0.701. The molecular formula is C26H32ClNO7. The van der Waals surface area contributed by atoms with Crippen LogP contribution in [0.3, 0.4) is 0 Å². The predicted molar refractivity (Wildman–Crippen MR) is 134 cm³/mol. The topological polar surface area (TPSA) is 103 Å². The molecule has 1 aliphatic rings. The van der Waals surface area contributed by atoms with Crippen LogP contribution in [0.25, 0.3) is 11.1 Å². The van der Waals surface area contributed by atoms with Gasteiger partial charge in [0.25, 0.3) is 5.91 Å². The number of fused-ring (bicyclic) bond motifs is 3. The Labute approximate surface area is 210 Å². The van der Waals surface area contributed by atoms with Crippen LogP contribution < -0.4 is 29.7 Å². The highest BCUT2D eigenvalue weighted by molar-refractivity contribution is 6.34. The molecule has 0 spiro atoms. The Balaban J connectivity index is 2.36. The molecule has 0 unspecified atom stereocenters. The first-order valence-electron chi connectivity index (χ1n) is 11.5. The van der Waals surface area contributed by atoms with Crippen LogP contribution in [0, 0.1) is 0 Å². The minimum absolute atomic E-state index is 0.147. The minimum atomic E-state index is -1.52. The van der Waals surface area contributed by atoms with Crippen molar-refractivity contribution in [1.82, 2.24) is 5.32 Å². The number of methoxy groups -OCH3 is 4. The molecular weight excluding hydrogens is 474 g/mol. The predicted octanol–water partition coefficient (Wildman–Crippen LogP) is 4.06. The van der Waals surface area contributed by atoms with Crippen LogP contribution in [0.4, 0.5) is 0 Å². The van der Waals surface area contributed by atoms with Crippen molar-refractivity contribution in [3.05, 3.63) is 44.6 Å². The molecule has 190 valence electrons. The molecule has 0 fully saturated rings. The van der Waals surface area contributed by atoms with Crippen LogP contribution in [0.2, 0.25) is 5.02 Å². The van der Waals surface area contributed by atoms with Gasteiger partial charge in [0.05, 0.1) is 39.5 Å². The van der Waals surface area contributed by atoms with E-state index in [1.807, 2.05) is 0 Å². The van der Waals surface area contributed by atoms with Gasteiger partial charge in [0.1, 0.15) is 5.60 Å². The van der Waals surface area contributed by atoms with E-state index >= 15 is 0 Å². The number of aliphatic hydroxyl groups is 1. The average molecular weight is 506 g/mol. The van der Waals surface area contributed by atoms with Gasteiger partial charge in [-0.15, -0.1) is 0 Å². The number of halogens is 1. The first-order chi connectivity index (χ1) is 16.7. The van der Waals surface area contributed by atoms with Gasteiger partial charge in [0.15, 0.2) is 17.2 Å². The first-order valence-corrected chi connectivity index (χ1v) is 11.8. The number of nitrogens with one attached hydrogen (secondary N) is 1. The van der Waals surface area contributed by atoms with Gasteiger partial charge in [-0.1, -0.05) is 31.5 Å². The fraction of sp³-hybridized carbons (Fsp3) is 0.462. The van der Waals surface area contributed by atoms with Gasteiger partial charge >= 0.3 is 0 Å². The van der Waals surface area contributed by atoms with E-state index in [4.69, 9.17) is 30.5 Å². The molecule has 1 atom stereocenters. The molecule has 3 rings (SSSR count). The molecule has 2 aromatic rings. The number of amides is 1. The highest BCUT2D eigenvalue weighted by atomic mass is 35.5. The summed E-state index contributed by atoms with van der Waals surface area (Å²) in [5.41, 5.74) is 0.693. The van der Waals surface area contributed by atoms with Crippen LogP contribution in [-0.2, 0) is 11.2 Å². The van der Waals surface area contributed by atoms with E-state index in [0.29, 0.717) is 51.8 Å². The molecule has 9 heteroatoms. The fourth-order valence-electron chi connectivity index (χ4n) is 4.55. The summed E-state index contributed by atoms with van der Waals surface area (Å²) in [6.45, 7) is 3.51. The third-order valence-corrected chi connectivity index (χ3v) is 7.11. The van der Waals surface area contributed by atoms with Gasteiger partial charge in [-0.3, -0.25) is 9.59 Å². The van der Waals surface area contributed by atoms with Crippen LogP contribution in [0.15, 0.2) is 23.0 Å². The maximum atomic E-state index is 13.1. The van der Waals surface area contributed by atoms with E-state index < -0.39 is 17.6 Å². The standard InChI is InChI=1S/C26H32ClNO7/c1-7-26(31,8-2)25(30)28-17-11-9-15-20(14-10-12-19(32-3)18(29)13-16(14)17)22(33-4)24(35-6)23(34-5)21(15)27/h10,12-13,17,31H,7-9,11H2,1-6H3,(H,28,30)/t17-/m0/s1. The SMILES string of the molecule is CCC(O)(CC)C(=O)N[C@H]1CCc2c(Cl)c(OC)c(OC)c(OC)c2-c2ccc(OC)c(=O)cc21. The van der Waals surface area contributed by atoms with Gasteiger partial charge in [-0.2, -0.15) is 0 Å². The molecule has 0 radical (unpaired) electrons. The van der Waals surface area contributed by atoms with Gasteiger partial charge in [0, 0.05) is 5.56 Å². The number of carbonyl (C=O) groups excluding carboxylic acids is 1. The average Bonchev–Trinajstić information content (AvgIpc) is 3.12. The zero-order valence-electron chi connectivity index (χ0n) is 20.9. The molecule has 0 bridgehead atoms. The normalized spacial score (nSPS) is 14.8. The lowest BCUT2D eigenvalue weighted by atomic mass is 9.93. The summed E-state index contributed by atoms with van der Waals surface area (Å²) in [5, 5.41) is 14.1. The Kier molecular flexibility index (Phi) is 8.18. The molecule has 0 saturated carbocycles. The van der Waals surface area contributed by atoms with E-state index in [1.165, 1.54) is 34.5 Å². The molecule has 8 nitrogen and oxygen atoms in total. The second-order valence-electron chi connectivity index (χ2n) is 8.35. The molecule has 1 amide bonds. The second kappa shape index (κ2) is 10.7. The van der Waals surface area contributed by atoms with Crippen molar-refractivity contribution in [3.63, 3.8) is 0 Å². The van der Waals surface area contributed by atoms with Crippen molar-refractivity contribution in [3.8, 4) is 34.1 Å². The number of hydrogen-bond acceptors (Lipinski definition) is 7. The van der Waals surface area contributed by atoms with Crippen LogP contribution in [0.5, 0.6) is 23.0 Å². The monoisotopic (exact) mass is 505 g/mol. The molecule has 0 heterocycles.